The Morgan fingerprint density at radius 2 is 1.59 bits per heavy atom. The first-order chi connectivity index (χ1) is 46.9. The Labute approximate surface area is 573 Å². The van der Waals surface area contributed by atoms with Gasteiger partial charge in [-0.05, 0) is 137 Å². The van der Waals surface area contributed by atoms with Crippen molar-refractivity contribution in [3.63, 3.8) is 0 Å². The molecule has 4 aromatic heterocycles. The van der Waals surface area contributed by atoms with Gasteiger partial charge in [0.25, 0.3) is 11.8 Å². The van der Waals surface area contributed by atoms with Gasteiger partial charge < -0.3 is 65.8 Å². The number of rotatable bonds is 29. The van der Waals surface area contributed by atoms with Crippen molar-refractivity contribution in [1.82, 2.24) is 50.8 Å². The number of morpholine rings is 1. The number of nitrogens with one attached hydrogen (secondary N) is 5. The summed E-state index contributed by atoms with van der Waals surface area (Å²) < 4.78 is 22.8. The van der Waals surface area contributed by atoms with Crippen LogP contribution in [0.3, 0.4) is 0 Å². The van der Waals surface area contributed by atoms with E-state index in [0.717, 1.165) is 125 Å². The molecule has 0 radical (unpaired) electrons. The number of hydrogen-bond donors (Lipinski definition) is 6. The van der Waals surface area contributed by atoms with E-state index in [1.54, 1.807) is 31.4 Å². The summed E-state index contributed by atoms with van der Waals surface area (Å²) in [7, 11) is 0. The minimum absolute atomic E-state index is 0.0135. The van der Waals surface area contributed by atoms with Gasteiger partial charge in [0.2, 0.25) is 17.7 Å². The molecule has 6 aromatic rings. The van der Waals surface area contributed by atoms with Crippen LogP contribution in [0.1, 0.15) is 125 Å². The van der Waals surface area contributed by atoms with Gasteiger partial charge in [-0.2, -0.15) is 5.10 Å². The van der Waals surface area contributed by atoms with Crippen LogP contribution in [0.4, 0.5) is 33.1 Å². The van der Waals surface area contributed by atoms with E-state index in [2.05, 4.69) is 55.3 Å². The number of fused-ring (bicyclic) bond motifs is 2. The molecule has 7 N–H and O–H groups in total. The normalized spacial score (nSPS) is 22.8. The monoisotopic (exact) mass is 1360 g/mol. The molecule has 1 saturated heterocycles. The van der Waals surface area contributed by atoms with Crippen molar-refractivity contribution in [1.29, 1.82) is 0 Å². The van der Waals surface area contributed by atoms with Gasteiger partial charge in [-0.3, -0.25) is 33.6 Å². The number of pyridine rings is 1. The number of aromatic carboxylic acids is 1. The molecule has 520 valence electrons. The lowest BCUT2D eigenvalue weighted by atomic mass is 9.39. The summed E-state index contributed by atoms with van der Waals surface area (Å²) in [6.45, 7) is 18.9. The number of benzene rings is 2. The van der Waals surface area contributed by atoms with Crippen LogP contribution in [0, 0.1) is 36.0 Å². The first-order valence-corrected chi connectivity index (χ1v) is 34.9. The lowest BCUT2D eigenvalue weighted by Crippen LogP contribution is -2.65. The number of primary amides is 1. The smallest absolute Gasteiger partial charge is 0.312 e. The molecule has 2 unspecified atom stereocenters. The summed E-state index contributed by atoms with van der Waals surface area (Å²) in [5, 5.41) is 42.6. The van der Waals surface area contributed by atoms with Gasteiger partial charge in [-0.15, -0.1) is 10.2 Å². The van der Waals surface area contributed by atoms with E-state index in [9.17, 15) is 38.7 Å². The summed E-state index contributed by atoms with van der Waals surface area (Å²) >= 11 is 1.55. The summed E-state index contributed by atoms with van der Waals surface area (Å²) in [5.41, 5.74) is 11.3. The predicted molar refractivity (Wildman–Crippen MR) is 366 cm³/mol. The highest BCUT2D eigenvalue weighted by atomic mass is 32.1. The number of carboxylic acids is 1. The van der Waals surface area contributed by atoms with Gasteiger partial charge in [0.05, 0.1) is 73.3 Å². The number of anilines is 5. The topological polar surface area (TPSA) is 332 Å². The molecule has 6 atom stereocenters. The van der Waals surface area contributed by atoms with Gasteiger partial charge >= 0.3 is 6.03 Å². The van der Waals surface area contributed by atoms with Crippen molar-refractivity contribution in [2.45, 2.75) is 143 Å². The third-order valence-electron chi connectivity index (χ3n) is 20.6. The number of quaternary nitrogens is 1. The second kappa shape index (κ2) is 28.6. The molecule has 7 amide bonds. The molecule has 2 aromatic carbocycles. The van der Waals surface area contributed by atoms with Crippen LogP contribution in [-0.4, -0.2) is 171 Å². The van der Waals surface area contributed by atoms with Crippen LogP contribution in [0.25, 0.3) is 21.3 Å². The third kappa shape index (κ3) is 15.4. The average molecular weight is 1360 g/mol. The van der Waals surface area contributed by atoms with Crippen molar-refractivity contribution < 1.29 is 57.4 Å². The maximum Gasteiger partial charge on any atom is 0.312 e. The molecule has 98 heavy (non-hydrogen) atoms. The molecule has 4 saturated carbocycles. The van der Waals surface area contributed by atoms with E-state index in [4.69, 9.17) is 35.0 Å². The highest BCUT2D eigenvalue weighted by Crippen LogP contribution is 2.72. The predicted octanol–water partition coefficient (Wildman–Crippen LogP) is 6.68. The number of carboxylic acid groups (broad SMARTS) is 1. The zero-order valence-corrected chi connectivity index (χ0v) is 57.5. The van der Waals surface area contributed by atoms with Crippen LogP contribution in [0.2, 0.25) is 0 Å². The molecule has 4 aliphatic carbocycles. The number of carbonyl (C=O) groups is 7. The lowest BCUT2D eigenvalue weighted by molar-refractivity contribution is -0.948. The largest absolute Gasteiger partial charge is 0.543 e. The molecule has 5 fully saturated rings. The third-order valence-corrected chi connectivity index (χ3v) is 21.6. The molecule has 27 heteroatoms. The minimum Gasteiger partial charge on any atom is -0.543 e. The fraction of sp³-hybridized carbons (Fsp3) is 0.521. The Bertz CT molecular complexity index is 3980. The van der Waals surface area contributed by atoms with Crippen molar-refractivity contribution in [3.8, 4) is 11.1 Å². The summed E-state index contributed by atoms with van der Waals surface area (Å²) in [5.74, 6) is -2.36. The summed E-state index contributed by atoms with van der Waals surface area (Å²) in [4.78, 5) is 102. The van der Waals surface area contributed by atoms with Crippen LogP contribution < -0.4 is 42.3 Å². The molecule has 13 rings (SSSR count). The van der Waals surface area contributed by atoms with Crippen molar-refractivity contribution in [3.05, 3.63) is 107 Å². The summed E-state index contributed by atoms with van der Waals surface area (Å²) in [6.07, 6.45) is 12.2. The Balaban J connectivity index is 0.677. The quantitative estimate of drug-likeness (QED) is 0.0162. The van der Waals surface area contributed by atoms with E-state index in [0.29, 0.717) is 73.6 Å². The number of carbonyl (C=O) groups excluding carboxylic acids is 7. The zero-order chi connectivity index (χ0) is 69.2. The molecular formula is C71H89N15O11S. The molecular weight excluding hydrogens is 1270 g/mol. The fourth-order valence-corrected chi connectivity index (χ4v) is 18.0. The molecule has 3 aliphatic heterocycles. The molecule has 4 bridgehead atoms. The second-order valence-corrected chi connectivity index (χ2v) is 30.0. The summed E-state index contributed by atoms with van der Waals surface area (Å²) in [6, 6.07) is 16.6. The van der Waals surface area contributed by atoms with E-state index >= 15 is 0 Å². The SMILES string of the molecule is Cc1c(Nc2nc3ccccc3s2)nnc2c1CCCN2c1ccc(-c2cnn(CC34CC5(OCC[N+]6(Cc7ccc(NC(=O)[C@H](CCCNC(N)=O)NC(=O)[C@@H](NC(=O)CCOCCN8C(=O)C=CC8=O)C(C)C)cc7)CCOCC6)C[C@](C)(C3)C[C@](C)(C4)C5)c2C)c(C(=O)[O-])n1. The number of urea groups is 1. The molecule has 7 heterocycles. The number of ether oxygens (including phenoxy) is 3. The number of para-hydroxylation sites is 1. The van der Waals surface area contributed by atoms with Gasteiger partial charge in [0, 0.05) is 77.4 Å². The van der Waals surface area contributed by atoms with E-state index in [1.165, 1.54) is 12.2 Å². The standard InChI is InChI=1S/C71H89N15O11S/c1-44(2)59(79-56(87)23-30-95-31-26-84-57(88)21-22-58(84)89)64(91)76-53(13-9-24-73-66(72)94)63(90)75-48-17-15-47(16-18-48)36-86(27-32-96-33-28-86)29-34-97-71-40-68(5)37-69(6,41-71)39-70(38-68,42-71)43-85-46(4)51(35-74-85)50-19-20-55(78-60(50)65(92)93)83-25-10-11-49-45(3)61(81-82-62(49)83)80-67-77-52-12-7-8-14-54(52)98-67/h7-8,12,14-22,35,44,53,59H,9-11,13,23-34,36-43H2,1-6H3,(H7-,72,73,75,76,77,79,80,81,87,90,91,92,93,94)/t53-,59-,68-,69+,70?,71?/m0/s1. The Morgan fingerprint density at radius 3 is 2.31 bits per heavy atom. The molecule has 0 spiro atoms. The molecule has 7 aliphatic rings. The maximum absolute atomic E-state index is 14.1. The van der Waals surface area contributed by atoms with Crippen LogP contribution >= 0.6 is 11.3 Å². The highest BCUT2D eigenvalue weighted by molar-refractivity contribution is 7.22. The van der Waals surface area contributed by atoms with Gasteiger partial charge in [0.1, 0.15) is 44.1 Å². The Kier molecular flexibility index (Phi) is 20.2. The number of aromatic nitrogens is 6. The number of nitrogens with zero attached hydrogens (tertiary/aromatic N) is 9. The van der Waals surface area contributed by atoms with Crippen molar-refractivity contribution in [2.24, 2.45) is 27.9 Å². The second-order valence-electron chi connectivity index (χ2n) is 29.0. The van der Waals surface area contributed by atoms with Crippen molar-refractivity contribution in [2.75, 3.05) is 87.8 Å². The van der Waals surface area contributed by atoms with E-state index in [-0.39, 0.29) is 72.6 Å². The van der Waals surface area contributed by atoms with E-state index < -0.39 is 53.6 Å². The van der Waals surface area contributed by atoms with Gasteiger partial charge in [-0.1, -0.05) is 63.3 Å². The fourth-order valence-electron chi connectivity index (χ4n) is 17.1. The zero-order valence-electron chi connectivity index (χ0n) is 56.7. The van der Waals surface area contributed by atoms with Gasteiger partial charge in [-0.25, -0.2) is 14.8 Å². The first-order valence-electron chi connectivity index (χ1n) is 34.1. The number of amides is 7. The number of nitrogens with two attached hydrogens (primary N) is 1. The first kappa shape index (κ1) is 69.2. The highest BCUT2D eigenvalue weighted by Gasteiger charge is 2.66. The van der Waals surface area contributed by atoms with Gasteiger partial charge in [0.15, 0.2) is 16.8 Å². The molecule has 26 nitrogen and oxygen atoms in total. The van der Waals surface area contributed by atoms with Crippen molar-refractivity contribution >= 4 is 91.4 Å². The average Bonchev–Trinajstić information content (AvgIpc) is 0.936. The number of thiazole rings is 1. The maximum atomic E-state index is 14.1. The van der Waals surface area contributed by atoms with Crippen LogP contribution in [-0.2, 0) is 57.7 Å². The Morgan fingerprint density at radius 1 is 0.847 bits per heavy atom. The number of hydrogen-bond acceptors (Lipinski definition) is 19. The Hall–Kier alpha value is -8.76. The lowest BCUT2D eigenvalue weighted by Gasteiger charge is -2.69. The minimum atomic E-state index is -1.37. The van der Waals surface area contributed by atoms with Crippen LogP contribution in [0.15, 0.2) is 79.0 Å². The van der Waals surface area contributed by atoms with E-state index in [1.807, 2.05) is 79.4 Å². The van der Waals surface area contributed by atoms with Crippen LogP contribution in [0.5, 0.6) is 0 Å². The number of imide groups is 1.